The Bertz CT molecular complexity index is 1070. The van der Waals surface area contributed by atoms with Gasteiger partial charge in [0.2, 0.25) is 0 Å². The van der Waals surface area contributed by atoms with Crippen molar-refractivity contribution in [2.45, 2.75) is 0 Å². The van der Waals surface area contributed by atoms with Crippen molar-refractivity contribution in [2.24, 2.45) is 0 Å². The van der Waals surface area contributed by atoms with E-state index < -0.39 is 5.91 Å². The Hall–Kier alpha value is -2.93. The second kappa shape index (κ2) is 5.61. The summed E-state index contributed by atoms with van der Waals surface area (Å²) >= 11 is 1.20. The van der Waals surface area contributed by atoms with E-state index in [-0.39, 0.29) is 11.6 Å². The van der Waals surface area contributed by atoms with Gasteiger partial charge in [-0.2, -0.15) is 0 Å². The molecule has 0 radical (unpaired) electrons. The summed E-state index contributed by atoms with van der Waals surface area (Å²) in [4.78, 5) is 16.6. The lowest BCUT2D eigenvalue weighted by Crippen LogP contribution is -2.10. The maximum Gasteiger partial charge on any atom is 0.293 e. The summed E-state index contributed by atoms with van der Waals surface area (Å²) in [6.45, 7) is 0. The summed E-state index contributed by atoms with van der Waals surface area (Å²) in [6, 6.07) is 11.3. The van der Waals surface area contributed by atoms with E-state index in [0.29, 0.717) is 26.7 Å². The molecule has 0 saturated heterocycles. The second-order valence-corrected chi connectivity index (χ2v) is 6.11. The molecule has 7 heteroatoms. The molecule has 4 rings (SSSR count). The number of methoxy groups -OCH3 is 1. The number of nitrogens with zero attached hydrogens (tertiary/aromatic N) is 1. The van der Waals surface area contributed by atoms with Crippen LogP contribution in [0, 0.1) is 5.82 Å². The number of carbonyl (C=O) groups is 1. The molecule has 0 aliphatic rings. The van der Waals surface area contributed by atoms with Crippen LogP contribution in [0.15, 0.2) is 46.9 Å². The molecule has 4 aromatic rings. The SMILES string of the molecule is COc1cccc2cc(C(=O)Nc3nc4ccc(F)cc4s3)oc12. The number of thiazole rings is 1. The molecule has 24 heavy (non-hydrogen) atoms. The first-order valence-corrected chi connectivity index (χ1v) is 7.90. The highest BCUT2D eigenvalue weighted by Crippen LogP contribution is 2.30. The van der Waals surface area contributed by atoms with E-state index in [1.165, 1.54) is 30.6 Å². The minimum absolute atomic E-state index is 0.153. The summed E-state index contributed by atoms with van der Waals surface area (Å²) < 4.78 is 24.7. The fourth-order valence-electron chi connectivity index (χ4n) is 2.42. The van der Waals surface area contributed by atoms with Crippen molar-refractivity contribution in [3.05, 3.63) is 54.0 Å². The van der Waals surface area contributed by atoms with E-state index in [0.717, 1.165) is 5.39 Å². The van der Waals surface area contributed by atoms with Gasteiger partial charge in [0.1, 0.15) is 5.82 Å². The van der Waals surface area contributed by atoms with Crippen molar-refractivity contribution in [2.75, 3.05) is 12.4 Å². The molecule has 120 valence electrons. The number of hydrogen-bond donors (Lipinski definition) is 1. The highest BCUT2D eigenvalue weighted by Gasteiger charge is 2.16. The molecular formula is C17H11FN2O3S. The molecular weight excluding hydrogens is 331 g/mol. The van der Waals surface area contributed by atoms with Gasteiger partial charge < -0.3 is 9.15 Å². The molecule has 0 spiro atoms. The number of furan rings is 1. The van der Waals surface area contributed by atoms with E-state index in [9.17, 15) is 9.18 Å². The number of hydrogen-bond acceptors (Lipinski definition) is 5. The number of anilines is 1. The number of para-hydroxylation sites is 1. The zero-order valence-corrected chi connectivity index (χ0v) is 13.3. The molecule has 0 unspecified atom stereocenters. The van der Waals surface area contributed by atoms with Gasteiger partial charge in [0.05, 0.1) is 17.3 Å². The first-order valence-electron chi connectivity index (χ1n) is 7.08. The van der Waals surface area contributed by atoms with Gasteiger partial charge in [0.15, 0.2) is 22.2 Å². The number of carbonyl (C=O) groups excluding carboxylic acids is 1. The van der Waals surface area contributed by atoms with Crippen molar-refractivity contribution < 1.29 is 18.3 Å². The van der Waals surface area contributed by atoms with Gasteiger partial charge >= 0.3 is 0 Å². The molecule has 0 aliphatic heterocycles. The van der Waals surface area contributed by atoms with E-state index in [1.807, 2.05) is 12.1 Å². The number of nitrogens with one attached hydrogen (secondary N) is 1. The van der Waals surface area contributed by atoms with E-state index in [4.69, 9.17) is 9.15 Å². The van der Waals surface area contributed by atoms with Crippen LogP contribution in [-0.4, -0.2) is 18.0 Å². The second-order valence-electron chi connectivity index (χ2n) is 5.07. The monoisotopic (exact) mass is 342 g/mol. The molecule has 0 bridgehead atoms. The standard InChI is InChI=1S/C17H11FN2O3S/c1-22-12-4-2-3-9-7-13(23-15(9)12)16(21)20-17-19-11-6-5-10(18)8-14(11)24-17/h2-8H,1H3,(H,19,20,21). The highest BCUT2D eigenvalue weighted by atomic mass is 32.1. The number of amides is 1. The van der Waals surface area contributed by atoms with Crippen LogP contribution in [0.5, 0.6) is 5.75 Å². The van der Waals surface area contributed by atoms with Gasteiger partial charge in [-0.1, -0.05) is 23.5 Å². The third-order valence-electron chi connectivity index (χ3n) is 3.52. The Morgan fingerprint density at radius 1 is 1.29 bits per heavy atom. The summed E-state index contributed by atoms with van der Waals surface area (Å²) in [5.41, 5.74) is 1.14. The average molecular weight is 342 g/mol. The maximum absolute atomic E-state index is 13.2. The Kier molecular flexibility index (Phi) is 3.42. The van der Waals surface area contributed by atoms with Crippen LogP contribution in [0.1, 0.15) is 10.6 Å². The maximum atomic E-state index is 13.2. The van der Waals surface area contributed by atoms with Crippen molar-refractivity contribution >= 4 is 43.6 Å². The number of ether oxygens (including phenoxy) is 1. The third-order valence-corrected chi connectivity index (χ3v) is 4.46. The Morgan fingerprint density at radius 2 is 2.17 bits per heavy atom. The molecule has 2 aromatic carbocycles. The van der Waals surface area contributed by atoms with Crippen molar-refractivity contribution in [1.29, 1.82) is 0 Å². The zero-order chi connectivity index (χ0) is 16.7. The van der Waals surface area contributed by atoms with Gasteiger partial charge in [-0.15, -0.1) is 0 Å². The molecule has 5 nitrogen and oxygen atoms in total. The fourth-order valence-corrected chi connectivity index (χ4v) is 3.31. The Balaban J connectivity index is 1.65. The smallest absolute Gasteiger partial charge is 0.293 e. The van der Waals surface area contributed by atoms with Gasteiger partial charge in [0, 0.05) is 5.39 Å². The predicted octanol–water partition coefficient (Wildman–Crippen LogP) is 4.44. The first kappa shape index (κ1) is 14.6. The fraction of sp³-hybridized carbons (Fsp3) is 0.0588. The molecule has 0 saturated carbocycles. The van der Waals surface area contributed by atoms with E-state index in [1.54, 1.807) is 18.2 Å². The molecule has 0 fully saturated rings. The lowest BCUT2D eigenvalue weighted by atomic mass is 10.2. The number of halogens is 1. The first-order chi connectivity index (χ1) is 11.6. The molecule has 0 aliphatic carbocycles. The summed E-state index contributed by atoms with van der Waals surface area (Å²) in [5, 5.41) is 3.83. The van der Waals surface area contributed by atoms with E-state index >= 15 is 0 Å². The van der Waals surface area contributed by atoms with Crippen molar-refractivity contribution in [3.63, 3.8) is 0 Å². The van der Waals surface area contributed by atoms with Crippen LogP contribution >= 0.6 is 11.3 Å². The highest BCUT2D eigenvalue weighted by molar-refractivity contribution is 7.22. The summed E-state index contributed by atoms with van der Waals surface area (Å²) in [6.07, 6.45) is 0. The topological polar surface area (TPSA) is 64.4 Å². The van der Waals surface area contributed by atoms with Crippen LogP contribution in [-0.2, 0) is 0 Å². The molecule has 2 aromatic heterocycles. The van der Waals surface area contributed by atoms with Crippen LogP contribution in [0.2, 0.25) is 0 Å². The minimum Gasteiger partial charge on any atom is -0.493 e. The Labute approximate surface area is 139 Å². The van der Waals surface area contributed by atoms with Gasteiger partial charge in [-0.05, 0) is 30.3 Å². The molecule has 0 atom stereocenters. The van der Waals surface area contributed by atoms with Gasteiger partial charge in [-0.25, -0.2) is 9.37 Å². The van der Waals surface area contributed by atoms with E-state index in [2.05, 4.69) is 10.3 Å². The lowest BCUT2D eigenvalue weighted by Gasteiger charge is -1.99. The van der Waals surface area contributed by atoms with Crippen LogP contribution < -0.4 is 10.1 Å². The summed E-state index contributed by atoms with van der Waals surface area (Å²) in [7, 11) is 1.54. The largest absolute Gasteiger partial charge is 0.493 e. The van der Waals surface area contributed by atoms with Crippen LogP contribution in [0.4, 0.5) is 9.52 Å². The molecule has 2 heterocycles. The average Bonchev–Trinajstić information content (AvgIpc) is 3.17. The van der Waals surface area contributed by atoms with Crippen LogP contribution in [0.3, 0.4) is 0 Å². The minimum atomic E-state index is -0.423. The predicted molar refractivity (Wildman–Crippen MR) is 90.3 cm³/mol. The molecule has 1 amide bonds. The third kappa shape index (κ3) is 2.48. The summed E-state index contributed by atoms with van der Waals surface area (Å²) in [5.74, 6) is -0.0527. The van der Waals surface area contributed by atoms with Crippen molar-refractivity contribution in [1.82, 2.24) is 4.98 Å². The normalized spacial score (nSPS) is 11.1. The van der Waals surface area contributed by atoms with Crippen molar-refractivity contribution in [3.8, 4) is 5.75 Å². The van der Waals surface area contributed by atoms with Crippen LogP contribution in [0.25, 0.3) is 21.2 Å². The number of rotatable bonds is 3. The zero-order valence-electron chi connectivity index (χ0n) is 12.5. The number of aromatic nitrogens is 1. The molecule has 1 N–H and O–H groups in total. The number of benzene rings is 2. The lowest BCUT2D eigenvalue weighted by molar-refractivity contribution is 0.0998. The van der Waals surface area contributed by atoms with Gasteiger partial charge in [-0.3, -0.25) is 10.1 Å². The van der Waals surface area contributed by atoms with Gasteiger partial charge in [0.25, 0.3) is 5.91 Å². The quantitative estimate of drug-likeness (QED) is 0.598. The number of fused-ring (bicyclic) bond motifs is 2. The Morgan fingerprint density at radius 3 is 3.00 bits per heavy atom.